The quantitative estimate of drug-likeness (QED) is 0.827. The Hall–Kier alpha value is -1.55. The third kappa shape index (κ3) is 1.85. The Balaban J connectivity index is 0.000000980. The van der Waals surface area contributed by atoms with E-state index in [2.05, 4.69) is 5.16 Å². The largest absolute Gasteiger partial charge is 0.481 e. The lowest BCUT2D eigenvalue weighted by molar-refractivity contribution is -0.136. The minimum atomic E-state index is -0.915. The van der Waals surface area contributed by atoms with Gasteiger partial charge in [0.25, 0.3) is 0 Å². The summed E-state index contributed by atoms with van der Waals surface area (Å²) in [5.41, 5.74) is 0.693. The molecule has 74 valence electrons. The molecule has 0 unspecified atom stereocenters. The maximum absolute atomic E-state index is 10.4. The summed E-state index contributed by atoms with van der Waals surface area (Å²) in [5.74, 6) is -0.509. The van der Waals surface area contributed by atoms with Crippen LogP contribution in [0.25, 0.3) is 10.9 Å². The van der Waals surface area contributed by atoms with Crippen molar-refractivity contribution < 1.29 is 14.4 Å². The number of carboxylic acid groups (broad SMARTS) is 1. The van der Waals surface area contributed by atoms with Crippen LogP contribution in [0, 0.1) is 0 Å². The highest BCUT2D eigenvalue weighted by atomic mass is 35.5. The van der Waals surface area contributed by atoms with Crippen LogP contribution in [0.2, 0.25) is 0 Å². The van der Waals surface area contributed by atoms with E-state index in [0.29, 0.717) is 11.3 Å². The number of aliphatic carboxylic acids is 1. The molecule has 1 N–H and O–H groups in total. The molecular formula is C9H8ClNO3. The van der Waals surface area contributed by atoms with E-state index in [9.17, 15) is 4.79 Å². The molecule has 0 spiro atoms. The number of fused-ring (bicyclic) bond motifs is 1. The van der Waals surface area contributed by atoms with Gasteiger partial charge in [-0.25, -0.2) is 0 Å². The third-order valence-corrected chi connectivity index (χ3v) is 1.77. The summed E-state index contributed by atoms with van der Waals surface area (Å²) >= 11 is 0. The second-order valence-electron chi connectivity index (χ2n) is 2.69. The molecule has 1 aromatic carbocycles. The molecule has 2 aromatic rings. The van der Waals surface area contributed by atoms with Gasteiger partial charge in [0, 0.05) is 5.39 Å². The Morgan fingerprint density at radius 1 is 1.43 bits per heavy atom. The summed E-state index contributed by atoms with van der Waals surface area (Å²) in [6.45, 7) is 0. The number of rotatable bonds is 2. The number of carbonyl (C=O) groups is 1. The predicted molar refractivity (Wildman–Crippen MR) is 52.6 cm³/mol. The average molecular weight is 214 g/mol. The number of halogens is 1. The molecule has 0 aliphatic carbocycles. The highest BCUT2D eigenvalue weighted by Crippen LogP contribution is 2.17. The molecular weight excluding hydrogens is 206 g/mol. The fraction of sp³-hybridized carbons (Fsp3) is 0.111. The molecule has 0 radical (unpaired) electrons. The fourth-order valence-electron chi connectivity index (χ4n) is 1.21. The van der Waals surface area contributed by atoms with Gasteiger partial charge in [-0.15, -0.1) is 12.4 Å². The first-order valence-electron chi connectivity index (χ1n) is 3.82. The molecule has 4 nitrogen and oxygen atoms in total. The Kier molecular flexibility index (Phi) is 3.09. The van der Waals surface area contributed by atoms with Crippen LogP contribution in [0.1, 0.15) is 5.76 Å². The normalized spacial score (nSPS) is 9.71. The molecule has 1 aromatic heterocycles. The third-order valence-electron chi connectivity index (χ3n) is 1.77. The van der Waals surface area contributed by atoms with Crippen LogP contribution in [0.4, 0.5) is 0 Å². The van der Waals surface area contributed by atoms with Crippen molar-refractivity contribution in [2.24, 2.45) is 0 Å². The number of benzene rings is 1. The van der Waals surface area contributed by atoms with Gasteiger partial charge in [-0.1, -0.05) is 17.3 Å². The summed E-state index contributed by atoms with van der Waals surface area (Å²) in [6.07, 6.45) is -0.124. The molecule has 0 saturated carbocycles. The standard InChI is InChI=1S/C9H7NO3.ClH/c11-9(12)5-8-6-3-1-2-4-7(6)10-13-8;/h1-4H,5H2,(H,11,12);1H. The van der Waals surface area contributed by atoms with Gasteiger partial charge in [0.15, 0.2) is 5.76 Å². The van der Waals surface area contributed by atoms with Crippen LogP contribution in [0.5, 0.6) is 0 Å². The summed E-state index contributed by atoms with van der Waals surface area (Å²) < 4.78 is 4.90. The van der Waals surface area contributed by atoms with Crippen LogP contribution < -0.4 is 0 Å². The number of hydrogen-bond donors (Lipinski definition) is 1. The summed E-state index contributed by atoms with van der Waals surface area (Å²) in [6, 6.07) is 7.23. The molecule has 5 heteroatoms. The molecule has 0 aliphatic rings. The minimum absolute atomic E-state index is 0. The summed E-state index contributed by atoms with van der Waals surface area (Å²) in [7, 11) is 0. The highest BCUT2D eigenvalue weighted by Gasteiger charge is 2.10. The van der Waals surface area contributed by atoms with Crippen LogP contribution in [-0.2, 0) is 11.2 Å². The van der Waals surface area contributed by atoms with Gasteiger partial charge >= 0.3 is 5.97 Å². The number of nitrogens with zero attached hydrogens (tertiary/aromatic N) is 1. The first kappa shape index (κ1) is 10.5. The van der Waals surface area contributed by atoms with E-state index in [1.807, 2.05) is 12.1 Å². The van der Waals surface area contributed by atoms with Crippen LogP contribution in [0.15, 0.2) is 28.8 Å². The maximum atomic E-state index is 10.4. The van der Waals surface area contributed by atoms with Crippen LogP contribution >= 0.6 is 12.4 Å². The number of hydrogen-bond acceptors (Lipinski definition) is 3. The van der Waals surface area contributed by atoms with E-state index in [1.54, 1.807) is 12.1 Å². The monoisotopic (exact) mass is 213 g/mol. The molecule has 0 fully saturated rings. The summed E-state index contributed by atoms with van der Waals surface area (Å²) in [4.78, 5) is 10.4. The molecule has 1 heterocycles. The first-order chi connectivity index (χ1) is 6.27. The minimum Gasteiger partial charge on any atom is -0.481 e. The van der Waals surface area contributed by atoms with Crippen molar-refractivity contribution >= 4 is 29.3 Å². The van der Waals surface area contributed by atoms with Crippen molar-refractivity contribution in [3.8, 4) is 0 Å². The SMILES string of the molecule is Cl.O=C(O)Cc1onc2ccccc12. The van der Waals surface area contributed by atoms with Crippen molar-refractivity contribution in [1.82, 2.24) is 5.16 Å². The maximum Gasteiger partial charge on any atom is 0.311 e. The topological polar surface area (TPSA) is 63.3 Å². The van der Waals surface area contributed by atoms with Crippen LogP contribution in [-0.4, -0.2) is 16.2 Å². The Labute approximate surface area is 85.9 Å². The second-order valence-corrected chi connectivity index (χ2v) is 2.69. The molecule has 14 heavy (non-hydrogen) atoms. The Bertz CT molecular complexity index is 452. The van der Waals surface area contributed by atoms with E-state index >= 15 is 0 Å². The molecule has 0 saturated heterocycles. The lowest BCUT2D eigenvalue weighted by Crippen LogP contribution is -1.98. The molecule has 0 aliphatic heterocycles. The number of carboxylic acids is 1. The van der Waals surface area contributed by atoms with Crippen molar-refractivity contribution in [3.63, 3.8) is 0 Å². The van der Waals surface area contributed by atoms with E-state index in [1.165, 1.54) is 0 Å². The van der Waals surface area contributed by atoms with Gasteiger partial charge in [-0.2, -0.15) is 0 Å². The average Bonchev–Trinajstić information content (AvgIpc) is 2.48. The van der Waals surface area contributed by atoms with Crippen molar-refractivity contribution in [3.05, 3.63) is 30.0 Å². The predicted octanol–water partition coefficient (Wildman–Crippen LogP) is 1.88. The van der Waals surface area contributed by atoms with Gasteiger partial charge < -0.3 is 9.63 Å². The molecule has 2 rings (SSSR count). The zero-order chi connectivity index (χ0) is 9.26. The lowest BCUT2D eigenvalue weighted by atomic mass is 10.2. The molecule has 0 bridgehead atoms. The van der Waals surface area contributed by atoms with Gasteiger partial charge in [0.2, 0.25) is 0 Å². The first-order valence-corrected chi connectivity index (χ1v) is 3.82. The number of aromatic nitrogens is 1. The zero-order valence-corrected chi connectivity index (χ0v) is 7.95. The van der Waals surface area contributed by atoms with Gasteiger partial charge in [-0.05, 0) is 12.1 Å². The van der Waals surface area contributed by atoms with Gasteiger partial charge in [0.1, 0.15) is 11.9 Å². The Morgan fingerprint density at radius 3 is 2.86 bits per heavy atom. The lowest BCUT2D eigenvalue weighted by Gasteiger charge is -1.88. The smallest absolute Gasteiger partial charge is 0.311 e. The van der Waals surface area contributed by atoms with E-state index in [0.717, 1.165) is 5.39 Å². The van der Waals surface area contributed by atoms with Crippen molar-refractivity contribution in [2.75, 3.05) is 0 Å². The van der Waals surface area contributed by atoms with Crippen molar-refractivity contribution in [1.29, 1.82) is 0 Å². The molecule has 0 atom stereocenters. The second kappa shape index (κ2) is 4.11. The van der Waals surface area contributed by atoms with Crippen LogP contribution in [0.3, 0.4) is 0 Å². The Morgan fingerprint density at radius 2 is 2.14 bits per heavy atom. The van der Waals surface area contributed by atoms with E-state index in [4.69, 9.17) is 9.63 Å². The highest BCUT2D eigenvalue weighted by molar-refractivity contribution is 5.85. The molecule has 0 amide bonds. The van der Waals surface area contributed by atoms with Crippen molar-refractivity contribution in [2.45, 2.75) is 6.42 Å². The van der Waals surface area contributed by atoms with Gasteiger partial charge in [0.05, 0.1) is 0 Å². The van der Waals surface area contributed by atoms with E-state index in [-0.39, 0.29) is 18.8 Å². The summed E-state index contributed by atoms with van der Waals surface area (Å²) in [5, 5.41) is 13.1. The van der Waals surface area contributed by atoms with Gasteiger partial charge in [-0.3, -0.25) is 4.79 Å². The zero-order valence-electron chi connectivity index (χ0n) is 7.14. The van der Waals surface area contributed by atoms with E-state index < -0.39 is 5.97 Å². The fourth-order valence-corrected chi connectivity index (χ4v) is 1.21.